The molecule has 0 unspecified atom stereocenters. The molecule has 0 aromatic carbocycles. The van der Waals surface area contributed by atoms with Crippen LogP contribution in [0.1, 0.15) is 33.1 Å². The first kappa shape index (κ1) is 13.7. The van der Waals surface area contributed by atoms with Crippen molar-refractivity contribution in [2.45, 2.75) is 33.1 Å². The number of rotatable bonds is 7. The Morgan fingerprint density at radius 3 is 2.60 bits per heavy atom. The molecule has 0 fully saturated rings. The SMILES string of the molecule is CCCCNC(=O)N(CC)CCC(=N)N. The number of hydrogen-bond donors (Lipinski definition) is 3. The molecule has 0 spiro atoms. The van der Waals surface area contributed by atoms with Gasteiger partial charge in [0.05, 0.1) is 5.84 Å². The van der Waals surface area contributed by atoms with Gasteiger partial charge in [0.25, 0.3) is 0 Å². The van der Waals surface area contributed by atoms with Crippen LogP contribution in [-0.4, -0.2) is 36.4 Å². The number of carbonyl (C=O) groups is 1. The van der Waals surface area contributed by atoms with E-state index in [1.54, 1.807) is 4.90 Å². The van der Waals surface area contributed by atoms with Gasteiger partial charge in [-0.25, -0.2) is 4.79 Å². The Morgan fingerprint density at radius 2 is 2.13 bits per heavy atom. The molecule has 0 saturated heterocycles. The summed E-state index contributed by atoms with van der Waals surface area (Å²) in [4.78, 5) is 13.2. The van der Waals surface area contributed by atoms with Crippen LogP contribution in [0.15, 0.2) is 0 Å². The second kappa shape index (κ2) is 8.08. The molecule has 15 heavy (non-hydrogen) atoms. The highest BCUT2D eigenvalue weighted by molar-refractivity contribution is 5.78. The number of nitrogens with two attached hydrogens (primary N) is 1. The zero-order valence-corrected chi connectivity index (χ0v) is 9.68. The van der Waals surface area contributed by atoms with Crippen molar-refractivity contribution in [1.82, 2.24) is 10.2 Å². The molecule has 0 radical (unpaired) electrons. The maximum Gasteiger partial charge on any atom is 0.317 e. The van der Waals surface area contributed by atoms with E-state index < -0.39 is 0 Å². The van der Waals surface area contributed by atoms with Gasteiger partial charge >= 0.3 is 6.03 Å². The van der Waals surface area contributed by atoms with E-state index in [1.807, 2.05) is 6.92 Å². The monoisotopic (exact) mass is 214 g/mol. The summed E-state index contributed by atoms with van der Waals surface area (Å²) in [6, 6.07) is -0.0628. The number of amidine groups is 1. The minimum Gasteiger partial charge on any atom is -0.388 e. The minimum absolute atomic E-state index is 0.0628. The molecule has 0 bridgehead atoms. The zero-order valence-electron chi connectivity index (χ0n) is 9.68. The van der Waals surface area contributed by atoms with Crippen LogP contribution in [0.5, 0.6) is 0 Å². The molecule has 0 aromatic heterocycles. The molecule has 0 atom stereocenters. The predicted octanol–water partition coefficient (Wildman–Crippen LogP) is 1.14. The maximum atomic E-state index is 11.6. The molecule has 0 aliphatic carbocycles. The first-order valence-electron chi connectivity index (χ1n) is 5.47. The number of unbranched alkanes of at least 4 members (excludes halogenated alkanes) is 1. The van der Waals surface area contributed by atoms with Crippen LogP contribution in [0.25, 0.3) is 0 Å². The van der Waals surface area contributed by atoms with Crippen LogP contribution in [0.2, 0.25) is 0 Å². The Balaban J connectivity index is 3.82. The Bertz CT molecular complexity index is 206. The van der Waals surface area contributed by atoms with Gasteiger partial charge in [-0.2, -0.15) is 0 Å². The van der Waals surface area contributed by atoms with Crippen molar-refractivity contribution >= 4 is 11.9 Å². The molecule has 0 aromatic rings. The third-order valence-electron chi connectivity index (χ3n) is 2.13. The molecule has 0 heterocycles. The third kappa shape index (κ3) is 6.76. The van der Waals surface area contributed by atoms with Crippen LogP contribution in [0, 0.1) is 5.41 Å². The second-order valence-electron chi connectivity index (χ2n) is 3.44. The number of nitrogens with zero attached hydrogens (tertiary/aromatic N) is 1. The Labute approximate surface area is 91.5 Å². The van der Waals surface area contributed by atoms with Gasteiger partial charge < -0.3 is 16.0 Å². The van der Waals surface area contributed by atoms with Gasteiger partial charge in [-0.15, -0.1) is 0 Å². The molecule has 0 rings (SSSR count). The smallest absolute Gasteiger partial charge is 0.317 e. The quantitative estimate of drug-likeness (QED) is 0.337. The van der Waals surface area contributed by atoms with Crippen LogP contribution in [0.3, 0.4) is 0 Å². The fraction of sp³-hybridized carbons (Fsp3) is 0.800. The van der Waals surface area contributed by atoms with Gasteiger partial charge in [0.15, 0.2) is 0 Å². The summed E-state index contributed by atoms with van der Waals surface area (Å²) in [6.45, 7) is 5.87. The van der Waals surface area contributed by atoms with E-state index in [0.29, 0.717) is 26.1 Å². The Kier molecular flexibility index (Phi) is 7.40. The highest BCUT2D eigenvalue weighted by Crippen LogP contribution is 1.93. The van der Waals surface area contributed by atoms with E-state index >= 15 is 0 Å². The summed E-state index contributed by atoms with van der Waals surface area (Å²) in [5, 5.41) is 9.93. The second-order valence-corrected chi connectivity index (χ2v) is 3.44. The molecule has 2 amide bonds. The van der Waals surface area contributed by atoms with Crippen LogP contribution < -0.4 is 11.1 Å². The lowest BCUT2D eigenvalue weighted by Crippen LogP contribution is -2.41. The van der Waals surface area contributed by atoms with E-state index in [0.717, 1.165) is 12.8 Å². The van der Waals surface area contributed by atoms with Crippen LogP contribution in [0.4, 0.5) is 4.79 Å². The molecule has 0 aliphatic rings. The molecular weight excluding hydrogens is 192 g/mol. The fourth-order valence-corrected chi connectivity index (χ4v) is 1.14. The highest BCUT2D eigenvalue weighted by Gasteiger charge is 2.10. The van der Waals surface area contributed by atoms with E-state index in [4.69, 9.17) is 11.1 Å². The van der Waals surface area contributed by atoms with Crippen LogP contribution >= 0.6 is 0 Å². The number of carbonyl (C=O) groups excluding carboxylic acids is 1. The minimum atomic E-state index is -0.0628. The summed E-state index contributed by atoms with van der Waals surface area (Å²) in [5.74, 6) is 0.120. The average molecular weight is 214 g/mol. The Morgan fingerprint density at radius 1 is 1.47 bits per heavy atom. The number of hydrogen-bond acceptors (Lipinski definition) is 2. The van der Waals surface area contributed by atoms with Gasteiger partial charge in [0.2, 0.25) is 0 Å². The highest BCUT2D eigenvalue weighted by atomic mass is 16.2. The van der Waals surface area contributed by atoms with Crippen molar-refractivity contribution in [2.75, 3.05) is 19.6 Å². The van der Waals surface area contributed by atoms with Crippen molar-refractivity contribution in [3.63, 3.8) is 0 Å². The lowest BCUT2D eigenvalue weighted by molar-refractivity contribution is 0.202. The van der Waals surface area contributed by atoms with Crippen molar-refractivity contribution in [3.8, 4) is 0 Å². The first-order valence-corrected chi connectivity index (χ1v) is 5.47. The number of urea groups is 1. The first-order chi connectivity index (χ1) is 7.11. The van der Waals surface area contributed by atoms with Crippen molar-refractivity contribution in [3.05, 3.63) is 0 Å². The zero-order chi connectivity index (χ0) is 11.7. The van der Waals surface area contributed by atoms with Gasteiger partial charge in [-0.3, -0.25) is 5.41 Å². The average Bonchev–Trinajstić information content (AvgIpc) is 2.18. The largest absolute Gasteiger partial charge is 0.388 e. The molecule has 88 valence electrons. The lowest BCUT2D eigenvalue weighted by atomic mass is 10.3. The summed E-state index contributed by atoms with van der Waals surface area (Å²) in [7, 11) is 0. The van der Waals surface area contributed by atoms with Crippen molar-refractivity contribution in [2.24, 2.45) is 5.73 Å². The van der Waals surface area contributed by atoms with E-state index in [9.17, 15) is 4.79 Å². The van der Waals surface area contributed by atoms with Gasteiger partial charge in [0, 0.05) is 26.1 Å². The summed E-state index contributed by atoms with van der Waals surface area (Å²) in [6.07, 6.45) is 2.50. The summed E-state index contributed by atoms with van der Waals surface area (Å²) >= 11 is 0. The fourth-order valence-electron chi connectivity index (χ4n) is 1.14. The number of amides is 2. The number of nitrogens with one attached hydrogen (secondary N) is 2. The summed E-state index contributed by atoms with van der Waals surface area (Å²) in [5.41, 5.74) is 5.24. The predicted molar refractivity (Wildman–Crippen MR) is 62.1 cm³/mol. The van der Waals surface area contributed by atoms with Gasteiger partial charge in [-0.1, -0.05) is 13.3 Å². The standard InChI is InChI=1S/C10H22N4O/c1-3-5-7-13-10(15)14(4-2)8-6-9(11)12/h3-8H2,1-2H3,(H3,11,12)(H,13,15). The molecule has 0 saturated carbocycles. The molecule has 5 heteroatoms. The molecule has 5 nitrogen and oxygen atoms in total. The molecule has 0 aliphatic heterocycles. The topological polar surface area (TPSA) is 82.2 Å². The van der Waals surface area contributed by atoms with Crippen molar-refractivity contribution < 1.29 is 4.79 Å². The van der Waals surface area contributed by atoms with Crippen molar-refractivity contribution in [1.29, 1.82) is 5.41 Å². The van der Waals surface area contributed by atoms with E-state index in [-0.39, 0.29) is 11.9 Å². The Hall–Kier alpha value is -1.26. The van der Waals surface area contributed by atoms with Gasteiger partial charge in [0.1, 0.15) is 0 Å². The van der Waals surface area contributed by atoms with E-state index in [1.165, 1.54) is 0 Å². The molecular formula is C10H22N4O. The maximum absolute atomic E-state index is 11.6. The molecule has 4 N–H and O–H groups in total. The van der Waals surface area contributed by atoms with E-state index in [2.05, 4.69) is 12.2 Å². The normalized spacial score (nSPS) is 9.73. The van der Waals surface area contributed by atoms with Gasteiger partial charge in [-0.05, 0) is 13.3 Å². The third-order valence-corrected chi connectivity index (χ3v) is 2.13. The van der Waals surface area contributed by atoms with Crippen LogP contribution in [-0.2, 0) is 0 Å². The summed E-state index contributed by atoms with van der Waals surface area (Å²) < 4.78 is 0. The lowest BCUT2D eigenvalue weighted by Gasteiger charge is -2.20.